The van der Waals surface area contributed by atoms with Crippen LogP contribution in [-0.2, 0) is 27.8 Å². The number of nitrogens with one attached hydrogen (secondary N) is 1. The van der Waals surface area contributed by atoms with Crippen LogP contribution in [0, 0.1) is 0 Å². The SMILES string of the molecule is CCc1ccc(NC(=O)Cn2ncc(Cl)c(Cl)c2=O)cc1S(=O)(=O)N1CCCN(C)CC1. The number of benzene rings is 1. The Morgan fingerprint density at radius 1 is 1.19 bits per heavy atom. The first-order valence-corrected chi connectivity index (χ1v) is 12.4. The molecule has 3 rings (SSSR count). The molecule has 32 heavy (non-hydrogen) atoms. The summed E-state index contributed by atoms with van der Waals surface area (Å²) in [6, 6.07) is 4.79. The quantitative estimate of drug-likeness (QED) is 0.649. The molecule has 1 N–H and O–H groups in total. The fourth-order valence-electron chi connectivity index (χ4n) is 3.46. The minimum atomic E-state index is -3.73. The van der Waals surface area contributed by atoms with E-state index in [1.54, 1.807) is 12.1 Å². The zero-order valence-corrected chi connectivity index (χ0v) is 20.2. The average molecular weight is 502 g/mol. The zero-order chi connectivity index (χ0) is 23.5. The molecule has 0 bridgehead atoms. The highest BCUT2D eigenvalue weighted by Gasteiger charge is 2.28. The number of anilines is 1. The van der Waals surface area contributed by atoms with Gasteiger partial charge in [-0.15, -0.1) is 0 Å². The van der Waals surface area contributed by atoms with Crippen molar-refractivity contribution in [1.82, 2.24) is 19.0 Å². The van der Waals surface area contributed by atoms with Crippen molar-refractivity contribution in [3.63, 3.8) is 0 Å². The standard InChI is InChI=1S/C20H25Cl2N5O4S/c1-3-14-5-6-15(24-18(28)13-27-20(29)19(22)16(21)12-23-27)11-17(14)32(30,31)26-8-4-7-25(2)9-10-26/h5-6,11-12H,3-4,7-10,13H2,1-2H3,(H,24,28). The van der Waals surface area contributed by atoms with Crippen molar-refractivity contribution in [3.05, 3.63) is 50.4 Å². The molecule has 0 radical (unpaired) electrons. The minimum Gasteiger partial charge on any atom is -0.324 e. The first-order chi connectivity index (χ1) is 15.1. The van der Waals surface area contributed by atoms with Gasteiger partial charge in [-0.1, -0.05) is 36.2 Å². The second kappa shape index (κ2) is 10.3. The van der Waals surface area contributed by atoms with E-state index in [-0.39, 0.29) is 14.9 Å². The van der Waals surface area contributed by atoms with Gasteiger partial charge < -0.3 is 10.2 Å². The Balaban J connectivity index is 1.84. The number of rotatable bonds is 6. The Morgan fingerprint density at radius 3 is 2.66 bits per heavy atom. The maximum absolute atomic E-state index is 13.4. The number of hydrogen-bond donors (Lipinski definition) is 1. The first kappa shape index (κ1) is 24.7. The number of amides is 1. The lowest BCUT2D eigenvalue weighted by Gasteiger charge is -2.22. The zero-order valence-electron chi connectivity index (χ0n) is 17.8. The number of aryl methyl sites for hydroxylation is 1. The van der Waals surface area contributed by atoms with E-state index >= 15 is 0 Å². The summed E-state index contributed by atoms with van der Waals surface area (Å²) in [5.41, 5.74) is 0.291. The van der Waals surface area contributed by atoms with Gasteiger partial charge in [0, 0.05) is 25.3 Å². The molecule has 1 amide bonds. The summed E-state index contributed by atoms with van der Waals surface area (Å²) in [4.78, 5) is 26.8. The molecule has 0 aliphatic carbocycles. The summed E-state index contributed by atoms with van der Waals surface area (Å²) < 4.78 is 29.1. The molecule has 12 heteroatoms. The summed E-state index contributed by atoms with van der Waals surface area (Å²) >= 11 is 11.6. The Morgan fingerprint density at radius 2 is 1.94 bits per heavy atom. The third-order valence-electron chi connectivity index (χ3n) is 5.26. The summed E-state index contributed by atoms with van der Waals surface area (Å²) in [6.45, 7) is 3.83. The van der Waals surface area contributed by atoms with E-state index in [9.17, 15) is 18.0 Å². The molecule has 1 saturated heterocycles. The number of halogens is 2. The highest BCUT2D eigenvalue weighted by molar-refractivity contribution is 7.89. The van der Waals surface area contributed by atoms with Gasteiger partial charge in [0.05, 0.1) is 16.1 Å². The molecule has 1 aliphatic heterocycles. The Labute approximate surface area is 197 Å². The molecule has 1 aromatic heterocycles. The van der Waals surface area contributed by atoms with E-state index in [4.69, 9.17) is 23.2 Å². The third-order valence-corrected chi connectivity index (χ3v) is 7.99. The number of carbonyl (C=O) groups excluding carboxylic acids is 1. The van der Waals surface area contributed by atoms with Gasteiger partial charge in [-0.25, -0.2) is 13.1 Å². The van der Waals surface area contributed by atoms with Crippen LogP contribution >= 0.6 is 23.2 Å². The van der Waals surface area contributed by atoms with Crippen molar-refractivity contribution in [2.24, 2.45) is 0 Å². The van der Waals surface area contributed by atoms with Crippen LogP contribution in [0.4, 0.5) is 5.69 Å². The van der Waals surface area contributed by atoms with E-state index in [2.05, 4.69) is 15.3 Å². The number of aromatic nitrogens is 2. The van der Waals surface area contributed by atoms with Crippen LogP contribution in [0.2, 0.25) is 10.0 Å². The number of likely N-dealkylation sites (N-methyl/N-ethyl adjacent to an activating group) is 1. The average Bonchev–Trinajstić information content (AvgIpc) is 2.99. The van der Waals surface area contributed by atoms with E-state index in [0.717, 1.165) is 17.6 Å². The smallest absolute Gasteiger partial charge is 0.287 e. The van der Waals surface area contributed by atoms with E-state index in [1.807, 2.05) is 14.0 Å². The number of sulfonamides is 1. The molecule has 2 aromatic rings. The van der Waals surface area contributed by atoms with Crippen molar-refractivity contribution < 1.29 is 13.2 Å². The molecular formula is C20H25Cl2N5O4S. The highest BCUT2D eigenvalue weighted by Crippen LogP contribution is 2.26. The topological polar surface area (TPSA) is 105 Å². The van der Waals surface area contributed by atoms with Gasteiger partial charge in [0.2, 0.25) is 15.9 Å². The van der Waals surface area contributed by atoms with Crippen LogP contribution in [0.5, 0.6) is 0 Å². The van der Waals surface area contributed by atoms with Gasteiger partial charge in [0.25, 0.3) is 5.56 Å². The monoisotopic (exact) mass is 501 g/mol. The van der Waals surface area contributed by atoms with Crippen LogP contribution in [-0.4, -0.2) is 66.5 Å². The maximum Gasteiger partial charge on any atom is 0.287 e. The molecule has 0 spiro atoms. The predicted octanol–water partition coefficient (Wildman–Crippen LogP) is 2.08. The van der Waals surface area contributed by atoms with Gasteiger partial charge in [-0.05, 0) is 44.1 Å². The Kier molecular flexibility index (Phi) is 7.94. The molecule has 9 nitrogen and oxygen atoms in total. The van der Waals surface area contributed by atoms with Crippen molar-refractivity contribution in [1.29, 1.82) is 0 Å². The molecule has 174 valence electrons. The second-order valence-corrected chi connectivity index (χ2v) is 10.2. The Bertz CT molecular complexity index is 1170. The molecular weight excluding hydrogens is 477 g/mol. The fraction of sp³-hybridized carbons (Fsp3) is 0.450. The van der Waals surface area contributed by atoms with Crippen LogP contribution in [0.25, 0.3) is 0 Å². The van der Waals surface area contributed by atoms with Gasteiger partial charge >= 0.3 is 0 Å². The summed E-state index contributed by atoms with van der Waals surface area (Å²) in [6.07, 6.45) is 2.45. The molecule has 1 aliphatic rings. The number of hydrogen-bond acceptors (Lipinski definition) is 6. The molecule has 0 unspecified atom stereocenters. The van der Waals surface area contributed by atoms with Gasteiger partial charge in [0.1, 0.15) is 11.6 Å². The van der Waals surface area contributed by atoms with Crippen LogP contribution in [0.3, 0.4) is 0 Å². The highest BCUT2D eigenvalue weighted by atomic mass is 35.5. The molecule has 1 fully saturated rings. The van der Waals surface area contributed by atoms with Crippen LogP contribution in [0.15, 0.2) is 34.1 Å². The first-order valence-electron chi connectivity index (χ1n) is 10.2. The number of nitrogens with zero attached hydrogens (tertiary/aromatic N) is 4. The van der Waals surface area contributed by atoms with Crippen molar-refractivity contribution >= 4 is 44.8 Å². The summed E-state index contributed by atoms with van der Waals surface area (Å²) in [7, 11) is -1.76. The number of carbonyl (C=O) groups is 1. The van der Waals surface area contributed by atoms with Crippen molar-refractivity contribution in [2.75, 3.05) is 38.5 Å². The lowest BCUT2D eigenvalue weighted by molar-refractivity contribution is -0.117. The van der Waals surface area contributed by atoms with Gasteiger partial charge in [0.15, 0.2) is 0 Å². The van der Waals surface area contributed by atoms with Gasteiger partial charge in [-0.2, -0.15) is 9.40 Å². The van der Waals surface area contributed by atoms with E-state index < -0.39 is 28.0 Å². The Hall–Kier alpha value is -1.98. The molecule has 0 saturated carbocycles. The van der Waals surface area contributed by atoms with Gasteiger partial charge in [-0.3, -0.25) is 9.59 Å². The largest absolute Gasteiger partial charge is 0.324 e. The summed E-state index contributed by atoms with van der Waals surface area (Å²) in [5.74, 6) is -0.554. The van der Waals surface area contributed by atoms with E-state index in [1.165, 1.54) is 16.6 Å². The second-order valence-electron chi connectivity index (χ2n) is 7.55. The third kappa shape index (κ3) is 5.49. The van der Waals surface area contributed by atoms with Crippen molar-refractivity contribution in [3.8, 4) is 0 Å². The molecule has 2 heterocycles. The predicted molar refractivity (Wildman–Crippen MR) is 124 cm³/mol. The van der Waals surface area contributed by atoms with E-state index in [0.29, 0.717) is 37.3 Å². The fourth-order valence-corrected chi connectivity index (χ4v) is 5.52. The molecule has 1 aromatic carbocycles. The van der Waals surface area contributed by atoms with Crippen molar-refractivity contribution in [2.45, 2.75) is 31.2 Å². The molecule has 0 atom stereocenters. The lowest BCUT2D eigenvalue weighted by Crippen LogP contribution is -2.35. The summed E-state index contributed by atoms with van der Waals surface area (Å²) in [5, 5.41) is 6.21. The normalized spacial score (nSPS) is 16.0. The lowest BCUT2D eigenvalue weighted by atomic mass is 10.1. The minimum absolute atomic E-state index is 0.00182. The van der Waals surface area contributed by atoms with Crippen LogP contribution in [0.1, 0.15) is 18.9 Å². The maximum atomic E-state index is 13.4. The van der Waals surface area contributed by atoms with Crippen LogP contribution < -0.4 is 10.9 Å².